The van der Waals surface area contributed by atoms with E-state index < -0.39 is 3.79 Å². The van der Waals surface area contributed by atoms with Gasteiger partial charge in [0.15, 0.2) is 5.82 Å². The van der Waals surface area contributed by atoms with Crippen molar-refractivity contribution >= 4 is 75.5 Å². The highest BCUT2D eigenvalue weighted by Crippen LogP contribution is 2.38. The van der Waals surface area contributed by atoms with Crippen LogP contribution < -0.4 is 5.32 Å². The smallest absolute Gasteiger partial charge is 0.250 e. The Balaban J connectivity index is 0.00000225. The number of nitrogens with one attached hydrogen (secondary N) is 1. The van der Waals surface area contributed by atoms with E-state index in [1.54, 1.807) is 12.1 Å². The number of rotatable bonds is 4. The van der Waals surface area contributed by atoms with E-state index in [1.807, 2.05) is 6.07 Å². The van der Waals surface area contributed by atoms with E-state index in [0.29, 0.717) is 22.4 Å². The Morgan fingerprint density at radius 1 is 1.28 bits per heavy atom. The number of anilines is 1. The summed E-state index contributed by atoms with van der Waals surface area (Å²) in [5, 5.41) is 4.80. The van der Waals surface area contributed by atoms with Crippen LogP contribution >= 0.6 is 58.8 Å². The largest absolute Gasteiger partial charge is 0.369 e. The summed E-state index contributed by atoms with van der Waals surface area (Å²) in [7, 11) is 2.17. The topological polar surface area (TPSA) is 41.0 Å². The summed E-state index contributed by atoms with van der Waals surface area (Å²) < 4.78 is -1.67. The zero-order valence-corrected chi connectivity index (χ0v) is 17.4. The van der Waals surface area contributed by atoms with Crippen LogP contribution in [0, 0.1) is 0 Å². The second kappa shape index (κ2) is 8.64. The Kier molecular flexibility index (Phi) is 7.28. The summed E-state index contributed by atoms with van der Waals surface area (Å²) in [6.07, 6.45) is 3.52. The minimum absolute atomic E-state index is 0. The molecule has 4 nitrogen and oxygen atoms in total. The van der Waals surface area contributed by atoms with Crippen molar-refractivity contribution in [2.45, 2.75) is 29.1 Å². The van der Waals surface area contributed by atoms with Gasteiger partial charge >= 0.3 is 0 Å². The Labute approximate surface area is 173 Å². The molecule has 0 saturated carbocycles. The third-order valence-electron chi connectivity index (χ3n) is 4.35. The van der Waals surface area contributed by atoms with Crippen LogP contribution in [0.3, 0.4) is 0 Å². The van der Waals surface area contributed by atoms with Gasteiger partial charge in [0.05, 0.1) is 5.52 Å². The van der Waals surface area contributed by atoms with Gasteiger partial charge in [-0.25, -0.2) is 9.97 Å². The summed E-state index contributed by atoms with van der Waals surface area (Å²) in [5.74, 6) is 0.798. The molecule has 138 valence electrons. The summed E-state index contributed by atoms with van der Waals surface area (Å²) in [4.78, 5) is 11.1. The van der Waals surface area contributed by atoms with Crippen LogP contribution in [0.1, 0.15) is 25.1 Å². The average Bonchev–Trinajstić information content (AvgIpc) is 2.91. The molecule has 0 spiro atoms. The first kappa shape index (κ1) is 21.1. The summed E-state index contributed by atoms with van der Waals surface area (Å²) >= 11 is 24.0. The quantitative estimate of drug-likeness (QED) is 0.639. The van der Waals surface area contributed by atoms with Crippen molar-refractivity contribution in [2.24, 2.45) is 0 Å². The molecule has 0 bridgehead atoms. The maximum absolute atomic E-state index is 6.11. The van der Waals surface area contributed by atoms with Crippen molar-refractivity contribution in [1.29, 1.82) is 0 Å². The van der Waals surface area contributed by atoms with Gasteiger partial charge in [0.1, 0.15) is 5.82 Å². The van der Waals surface area contributed by atoms with E-state index in [-0.39, 0.29) is 18.2 Å². The van der Waals surface area contributed by atoms with E-state index in [4.69, 9.17) is 46.4 Å². The monoisotopic (exact) mass is 442 g/mol. The molecule has 0 aliphatic carbocycles. The molecule has 25 heavy (non-hydrogen) atoms. The normalized spacial score (nSPS) is 18.4. The standard InChI is InChI=1S/C16H18Cl4N4.ClH/c1-24-8-2-3-11(24)6-7-21-14-12-9-10(17)4-5-13(12)22-15(23-14)16(18,19)20;/h4-5,9,11H,2-3,6-8H2,1H3,(H,21,22,23);1H. The highest BCUT2D eigenvalue weighted by molar-refractivity contribution is 6.66. The number of aromatic nitrogens is 2. The average molecular weight is 445 g/mol. The van der Waals surface area contributed by atoms with Crippen LogP contribution in [0.5, 0.6) is 0 Å². The van der Waals surface area contributed by atoms with Crippen molar-refractivity contribution in [2.75, 3.05) is 25.5 Å². The Hall–Kier alpha value is -0.230. The molecule has 1 aromatic heterocycles. The number of hydrogen-bond acceptors (Lipinski definition) is 4. The number of hydrogen-bond donors (Lipinski definition) is 1. The summed E-state index contributed by atoms with van der Waals surface area (Å²) in [5.41, 5.74) is 0.691. The second-order valence-corrected chi connectivity index (χ2v) is 8.76. The van der Waals surface area contributed by atoms with Gasteiger partial charge in [0.25, 0.3) is 0 Å². The van der Waals surface area contributed by atoms with Crippen LogP contribution in [-0.4, -0.2) is 41.0 Å². The number of halogens is 5. The maximum Gasteiger partial charge on any atom is 0.250 e. The van der Waals surface area contributed by atoms with Crippen molar-refractivity contribution in [3.63, 3.8) is 0 Å². The van der Waals surface area contributed by atoms with E-state index >= 15 is 0 Å². The zero-order valence-electron chi connectivity index (χ0n) is 13.6. The molecule has 3 rings (SSSR count). The van der Waals surface area contributed by atoms with E-state index in [0.717, 1.165) is 24.9 Å². The summed E-state index contributed by atoms with van der Waals surface area (Å²) in [6.45, 7) is 1.95. The Morgan fingerprint density at radius 2 is 2.04 bits per heavy atom. The van der Waals surface area contributed by atoms with Gasteiger partial charge in [-0.1, -0.05) is 46.4 Å². The molecule has 9 heteroatoms. The molecule has 1 aliphatic heterocycles. The predicted molar refractivity (Wildman–Crippen MR) is 110 cm³/mol. The number of nitrogens with zero attached hydrogens (tertiary/aromatic N) is 3. The van der Waals surface area contributed by atoms with Gasteiger partial charge in [-0.15, -0.1) is 12.4 Å². The predicted octanol–water partition coefficient (Wildman–Crippen LogP) is 5.43. The van der Waals surface area contributed by atoms with E-state index in [9.17, 15) is 0 Å². The Bertz CT molecular complexity index is 734. The summed E-state index contributed by atoms with van der Waals surface area (Å²) in [6, 6.07) is 5.98. The molecule has 0 amide bonds. The van der Waals surface area contributed by atoms with Gasteiger partial charge in [-0.3, -0.25) is 0 Å². The zero-order chi connectivity index (χ0) is 17.3. The van der Waals surface area contributed by atoms with Crippen molar-refractivity contribution in [3.05, 3.63) is 29.0 Å². The molecule has 1 N–H and O–H groups in total. The fourth-order valence-corrected chi connectivity index (χ4v) is 3.49. The van der Waals surface area contributed by atoms with Crippen molar-refractivity contribution in [3.8, 4) is 0 Å². The molecule has 2 aromatic rings. The lowest BCUT2D eigenvalue weighted by Crippen LogP contribution is -2.27. The fraction of sp³-hybridized carbons (Fsp3) is 0.500. The first-order chi connectivity index (χ1) is 11.3. The van der Waals surface area contributed by atoms with Gasteiger partial charge in [0.2, 0.25) is 3.79 Å². The lowest BCUT2D eigenvalue weighted by molar-refractivity contribution is 0.301. The number of alkyl halides is 3. The van der Waals surface area contributed by atoms with Crippen LogP contribution in [-0.2, 0) is 3.79 Å². The molecule has 1 atom stereocenters. The van der Waals surface area contributed by atoms with Gasteiger partial charge < -0.3 is 10.2 Å². The Morgan fingerprint density at radius 3 is 2.68 bits per heavy atom. The van der Waals surface area contributed by atoms with Gasteiger partial charge in [-0.05, 0) is 51.1 Å². The third-order valence-corrected chi connectivity index (χ3v) is 5.10. The first-order valence-electron chi connectivity index (χ1n) is 7.83. The van der Waals surface area contributed by atoms with Gasteiger partial charge in [0, 0.05) is 23.0 Å². The highest BCUT2D eigenvalue weighted by atomic mass is 35.6. The second-order valence-electron chi connectivity index (χ2n) is 6.05. The molecular formula is C16H19Cl5N4. The van der Waals surface area contributed by atoms with Crippen LogP contribution in [0.25, 0.3) is 10.9 Å². The fourth-order valence-electron chi connectivity index (χ4n) is 3.06. The lowest BCUT2D eigenvalue weighted by atomic mass is 10.1. The number of benzene rings is 1. The third kappa shape index (κ3) is 5.15. The first-order valence-corrected chi connectivity index (χ1v) is 9.34. The van der Waals surface area contributed by atoms with E-state index in [2.05, 4.69) is 27.2 Å². The number of fused-ring (bicyclic) bond motifs is 1. The van der Waals surface area contributed by atoms with Crippen molar-refractivity contribution in [1.82, 2.24) is 14.9 Å². The van der Waals surface area contributed by atoms with E-state index in [1.165, 1.54) is 12.8 Å². The molecule has 1 unspecified atom stereocenters. The van der Waals surface area contributed by atoms with Gasteiger partial charge in [-0.2, -0.15) is 0 Å². The molecule has 1 aliphatic rings. The lowest BCUT2D eigenvalue weighted by Gasteiger charge is -2.20. The van der Waals surface area contributed by atoms with Crippen LogP contribution in [0.15, 0.2) is 18.2 Å². The highest BCUT2D eigenvalue weighted by Gasteiger charge is 2.28. The molecule has 1 saturated heterocycles. The number of likely N-dealkylation sites (tertiary alicyclic amines) is 1. The van der Waals surface area contributed by atoms with Crippen molar-refractivity contribution < 1.29 is 0 Å². The van der Waals surface area contributed by atoms with Crippen LogP contribution in [0.4, 0.5) is 5.82 Å². The molecular weight excluding hydrogens is 425 g/mol. The molecule has 1 fully saturated rings. The molecule has 2 heterocycles. The minimum Gasteiger partial charge on any atom is -0.369 e. The molecule has 1 aromatic carbocycles. The maximum atomic E-state index is 6.11. The van der Waals surface area contributed by atoms with Crippen LogP contribution in [0.2, 0.25) is 5.02 Å². The SMILES string of the molecule is CN1CCCC1CCNc1nc(C(Cl)(Cl)Cl)nc2ccc(Cl)cc12.Cl. The minimum atomic E-state index is -1.67. The molecule has 0 radical (unpaired) electrons.